The Hall–Kier alpha value is -3.26. The number of rotatable bonds is 5. The molecule has 2 N–H and O–H groups in total. The van der Waals surface area contributed by atoms with Crippen molar-refractivity contribution >= 4 is 27.4 Å². The van der Waals surface area contributed by atoms with Gasteiger partial charge in [-0.15, -0.1) is 0 Å². The molecule has 0 saturated heterocycles. The maximum Gasteiger partial charge on any atom is 0.335 e. The number of hydrogen-bond donors (Lipinski definition) is 2. The van der Waals surface area contributed by atoms with Crippen molar-refractivity contribution in [3.8, 4) is 11.3 Å². The number of sulfone groups is 1. The molecule has 0 spiro atoms. The third-order valence-corrected chi connectivity index (χ3v) is 5.08. The Kier molecular flexibility index (Phi) is 4.91. The van der Waals surface area contributed by atoms with E-state index in [0.29, 0.717) is 17.3 Å². The van der Waals surface area contributed by atoms with Gasteiger partial charge in [0.1, 0.15) is 0 Å². The first kappa shape index (κ1) is 18.5. The van der Waals surface area contributed by atoms with Crippen LogP contribution in [0.15, 0.2) is 59.6 Å². The van der Waals surface area contributed by atoms with Crippen LogP contribution in [0.2, 0.25) is 0 Å². The van der Waals surface area contributed by atoms with Gasteiger partial charge in [-0.3, -0.25) is 0 Å². The fourth-order valence-corrected chi connectivity index (χ4v) is 3.14. The lowest BCUT2D eigenvalue weighted by Crippen LogP contribution is -2.02. The van der Waals surface area contributed by atoms with Crippen molar-refractivity contribution < 1.29 is 18.3 Å². The topological polar surface area (TPSA) is 109 Å². The van der Waals surface area contributed by atoms with Crippen molar-refractivity contribution in [3.05, 3.63) is 65.9 Å². The highest BCUT2D eigenvalue weighted by molar-refractivity contribution is 7.90. The summed E-state index contributed by atoms with van der Waals surface area (Å²) in [7, 11) is -3.25. The van der Waals surface area contributed by atoms with E-state index in [0.717, 1.165) is 17.4 Å². The minimum atomic E-state index is -3.25. The molecule has 3 rings (SSSR count). The number of aryl methyl sites for hydroxylation is 1. The Labute approximate surface area is 156 Å². The number of aromatic carboxylic acids is 1. The largest absolute Gasteiger partial charge is 0.478 e. The fraction of sp³-hybridized carbons (Fsp3) is 0.105. The van der Waals surface area contributed by atoms with Crippen molar-refractivity contribution in [2.75, 3.05) is 11.6 Å². The zero-order chi connectivity index (χ0) is 19.6. The summed E-state index contributed by atoms with van der Waals surface area (Å²) in [6, 6.07) is 12.9. The highest BCUT2D eigenvalue weighted by atomic mass is 32.2. The van der Waals surface area contributed by atoms with Gasteiger partial charge in [0.05, 0.1) is 16.2 Å². The Balaban J connectivity index is 1.87. The molecule has 0 aliphatic heterocycles. The van der Waals surface area contributed by atoms with E-state index in [4.69, 9.17) is 5.11 Å². The molecule has 0 atom stereocenters. The molecule has 3 aromatic rings. The molecule has 0 amide bonds. The van der Waals surface area contributed by atoms with Crippen molar-refractivity contribution in [2.24, 2.45) is 0 Å². The minimum Gasteiger partial charge on any atom is -0.478 e. The van der Waals surface area contributed by atoms with E-state index < -0.39 is 15.8 Å². The molecule has 27 heavy (non-hydrogen) atoms. The number of anilines is 2. The Morgan fingerprint density at radius 2 is 1.78 bits per heavy atom. The van der Waals surface area contributed by atoms with Gasteiger partial charge in [0.25, 0.3) is 0 Å². The van der Waals surface area contributed by atoms with Gasteiger partial charge in [-0.2, -0.15) is 0 Å². The standard InChI is InChI=1S/C19H17N3O4S/c1-12-11-14(18(23)24)5-8-16(12)21-19-20-10-9-17(22-19)13-3-6-15(7-4-13)27(2,25)26/h3-11H,1-2H3,(H,23,24)(H,20,21,22). The van der Waals surface area contributed by atoms with Crippen LogP contribution in [0, 0.1) is 6.92 Å². The third-order valence-electron chi connectivity index (χ3n) is 3.95. The van der Waals surface area contributed by atoms with Crippen LogP contribution in [-0.4, -0.2) is 35.7 Å². The smallest absolute Gasteiger partial charge is 0.335 e. The summed E-state index contributed by atoms with van der Waals surface area (Å²) in [5.41, 5.74) is 3.04. The number of aromatic nitrogens is 2. The van der Waals surface area contributed by atoms with Crippen LogP contribution < -0.4 is 5.32 Å². The first-order chi connectivity index (χ1) is 12.7. The van der Waals surface area contributed by atoms with Crippen LogP contribution in [0.1, 0.15) is 15.9 Å². The van der Waals surface area contributed by atoms with E-state index in [-0.39, 0.29) is 10.5 Å². The molecule has 138 valence electrons. The van der Waals surface area contributed by atoms with Gasteiger partial charge in [-0.25, -0.2) is 23.2 Å². The van der Waals surface area contributed by atoms with Crippen molar-refractivity contribution in [1.82, 2.24) is 9.97 Å². The molecular weight excluding hydrogens is 366 g/mol. The molecule has 1 heterocycles. The van der Waals surface area contributed by atoms with Crippen LogP contribution in [0.4, 0.5) is 11.6 Å². The highest BCUT2D eigenvalue weighted by Gasteiger charge is 2.10. The van der Waals surface area contributed by atoms with Gasteiger partial charge in [0, 0.05) is 23.7 Å². The quantitative estimate of drug-likeness (QED) is 0.696. The summed E-state index contributed by atoms with van der Waals surface area (Å²) in [6.07, 6.45) is 2.75. The van der Waals surface area contributed by atoms with E-state index in [2.05, 4.69) is 15.3 Å². The van der Waals surface area contributed by atoms with E-state index in [1.807, 2.05) is 0 Å². The van der Waals surface area contributed by atoms with Crippen LogP contribution in [0.5, 0.6) is 0 Å². The second kappa shape index (κ2) is 7.16. The lowest BCUT2D eigenvalue weighted by molar-refractivity contribution is 0.0697. The first-order valence-electron chi connectivity index (χ1n) is 7.98. The van der Waals surface area contributed by atoms with Crippen LogP contribution in [0.25, 0.3) is 11.3 Å². The molecule has 0 saturated carbocycles. The predicted molar refractivity (Wildman–Crippen MR) is 102 cm³/mol. The minimum absolute atomic E-state index is 0.207. The van der Waals surface area contributed by atoms with Crippen LogP contribution in [-0.2, 0) is 9.84 Å². The number of hydrogen-bond acceptors (Lipinski definition) is 6. The Morgan fingerprint density at radius 3 is 2.37 bits per heavy atom. The number of nitrogens with one attached hydrogen (secondary N) is 1. The second-order valence-corrected chi connectivity index (χ2v) is 8.04. The highest BCUT2D eigenvalue weighted by Crippen LogP contribution is 2.23. The number of carboxylic acids is 1. The Bertz CT molecular complexity index is 1110. The normalized spacial score (nSPS) is 11.2. The number of carboxylic acid groups (broad SMARTS) is 1. The summed E-state index contributed by atoms with van der Waals surface area (Å²) in [4.78, 5) is 19.9. The van der Waals surface area contributed by atoms with Crippen LogP contribution >= 0.6 is 0 Å². The maximum absolute atomic E-state index is 11.6. The van der Waals surface area contributed by atoms with Gasteiger partial charge < -0.3 is 10.4 Å². The fourth-order valence-electron chi connectivity index (χ4n) is 2.51. The molecular formula is C19H17N3O4S. The molecule has 0 aliphatic rings. The summed E-state index contributed by atoms with van der Waals surface area (Å²) in [5.74, 6) is -0.633. The number of benzene rings is 2. The molecule has 0 bridgehead atoms. The molecule has 1 aromatic heterocycles. The van der Waals surface area contributed by atoms with E-state index in [1.165, 1.54) is 18.2 Å². The van der Waals surface area contributed by atoms with Crippen molar-refractivity contribution in [3.63, 3.8) is 0 Å². The average Bonchev–Trinajstić information content (AvgIpc) is 2.63. The first-order valence-corrected chi connectivity index (χ1v) is 9.88. The summed E-state index contributed by atoms with van der Waals surface area (Å²) in [5, 5.41) is 12.1. The van der Waals surface area contributed by atoms with E-state index in [1.54, 1.807) is 43.5 Å². The SMILES string of the molecule is Cc1cc(C(=O)O)ccc1Nc1nccc(-c2ccc(S(C)(=O)=O)cc2)n1. The van der Waals surface area contributed by atoms with Gasteiger partial charge in [-0.05, 0) is 48.9 Å². The average molecular weight is 383 g/mol. The monoisotopic (exact) mass is 383 g/mol. The van der Waals surface area contributed by atoms with Gasteiger partial charge in [-0.1, -0.05) is 12.1 Å². The summed E-state index contributed by atoms with van der Waals surface area (Å²) < 4.78 is 23.1. The molecule has 0 radical (unpaired) electrons. The molecule has 0 unspecified atom stereocenters. The van der Waals surface area contributed by atoms with Crippen molar-refractivity contribution in [1.29, 1.82) is 0 Å². The van der Waals surface area contributed by atoms with E-state index in [9.17, 15) is 13.2 Å². The van der Waals surface area contributed by atoms with Gasteiger partial charge in [0.15, 0.2) is 9.84 Å². The number of carbonyl (C=O) groups is 1. The van der Waals surface area contributed by atoms with Gasteiger partial charge >= 0.3 is 5.97 Å². The molecule has 0 aliphatic carbocycles. The van der Waals surface area contributed by atoms with Gasteiger partial charge in [0.2, 0.25) is 5.95 Å². The molecule has 8 heteroatoms. The lowest BCUT2D eigenvalue weighted by atomic mass is 10.1. The number of nitrogens with zero attached hydrogens (tertiary/aromatic N) is 2. The summed E-state index contributed by atoms with van der Waals surface area (Å²) in [6.45, 7) is 1.79. The van der Waals surface area contributed by atoms with Crippen LogP contribution in [0.3, 0.4) is 0 Å². The molecule has 2 aromatic carbocycles. The van der Waals surface area contributed by atoms with Crippen molar-refractivity contribution in [2.45, 2.75) is 11.8 Å². The molecule has 0 fully saturated rings. The maximum atomic E-state index is 11.6. The lowest BCUT2D eigenvalue weighted by Gasteiger charge is -2.10. The Morgan fingerprint density at radius 1 is 1.07 bits per heavy atom. The predicted octanol–water partition coefficient (Wildman–Crippen LogP) is 3.30. The second-order valence-electron chi connectivity index (χ2n) is 6.02. The third kappa shape index (κ3) is 4.29. The zero-order valence-electron chi connectivity index (χ0n) is 14.7. The van der Waals surface area contributed by atoms with E-state index >= 15 is 0 Å². The molecule has 7 nitrogen and oxygen atoms in total. The zero-order valence-corrected chi connectivity index (χ0v) is 15.5. The summed E-state index contributed by atoms with van der Waals surface area (Å²) >= 11 is 0.